The second-order valence-corrected chi connectivity index (χ2v) is 5.03. The number of hydrogen-bond acceptors (Lipinski definition) is 6. The molecule has 1 fully saturated rings. The van der Waals surface area contributed by atoms with Gasteiger partial charge in [0.25, 0.3) is 5.91 Å². The predicted molar refractivity (Wildman–Crippen MR) is 78.4 cm³/mol. The Balaban J connectivity index is 1.93. The molecule has 0 spiro atoms. The van der Waals surface area contributed by atoms with Gasteiger partial charge in [0.15, 0.2) is 0 Å². The molecule has 1 unspecified atom stereocenters. The van der Waals surface area contributed by atoms with Gasteiger partial charge >= 0.3 is 0 Å². The summed E-state index contributed by atoms with van der Waals surface area (Å²) >= 11 is 0. The monoisotopic (exact) mass is 285 g/mol. The lowest BCUT2D eigenvalue weighted by atomic mass is 10.0. The Hall–Kier alpha value is -2.70. The zero-order chi connectivity index (χ0) is 15.0. The Morgan fingerprint density at radius 3 is 2.95 bits per heavy atom. The number of carbonyl (C=O) groups excluding carboxylic acids is 2. The van der Waals surface area contributed by atoms with Gasteiger partial charge in [-0.1, -0.05) is 0 Å². The smallest absolute Gasteiger partial charge is 0.251 e. The molecule has 0 saturated carbocycles. The number of nitrogens with zero attached hydrogens (tertiary/aromatic N) is 3. The number of nitrogens with two attached hydrogens (primary N) is 1. The maximum Gasteiger partial charge on any atom is 0.251 e. The largest absolute Gasteiger partial charge is 0.399 e. The van der Waals surface area contributed by atoms with Crippen LogP contribution < -0.4 is 11.1 Å². The third kappa shape index (κ3) is 2.37. The Kier molecular flexibility index (Phi) is 3.17. The van der Waals surface area contributed by atoms with Crippen molar-refractivity contribution >= 4 is 34.2 Å². The first-order valence-electron chi connectivity index (χ1n) is 6.63. The fourth-order valence-electron chi connectivity index (χ4n) is 2.40. The molecule has 108 valence electrons. The van der Waals surface area contributed by atoms with Crippen molar-refractivity contribution in [3.05, 3.63) is 24.5 Å². The van der Waals surface area contributed by atoms with Gasteiger partial charge in [0.1, 0.15) is 18.2 Å². The van der Waals surface area contributed by atoms with E-state index in [1.807, 2.05) is 0 Å². The van der Waals surface area contributed by atoms with Crippen LogP contribution in [0.1, 0.15) is 12.8 Å². The lowest BCUT2D eigenvalue weighted by molar-refractivity contribution is -0.146. The molecule has 1 aliphatic heterocycles. The Morgan fingerprint density at radius 2 is 2.14 bits per heavy atom. The quantitative estimate of drug-likeness (QED) is 0.624. The van der Waals surface area contributed by atoms with E-state index in [0.717, 1.165) is 15.8 Å². The molecule has 3 N–H and O–H groups in total. The van der Waals surface area contributed by atoms with E-state index in [0.29, 0.717) is 24.3 Å². The third-order valence-electron chi connectivity index (χ3n) is 3.62. The highest BCUT2D eigenvalue weighted by atomic mass is 16.2. The van der Waals surface area contributed by atoms with Crippen molar-refractivity contribution in [2.24, 2.45) is 0 Å². The van der Waals surface area contributed by atoms with Gasteiger partial charge in [0.05, 0.1) is 5.52 Å². The number of nitrogen functional groups attached to an aromatic ring is 1. The van der Waals surface area contributed by atoms with Crippen LogP contribution in [0.4, 0.5) is 11.5 Å². The highest BCUT2D eigenvalue weighted by Crippen LogP contribution is 2.24. The second kappa shape index (κ2) is 5.01. The van der Waals surface area contributed by atoms with Gasteiger partial charge in [-0.15, -0.1) is 0 Å². The van der Waals surface area contributed by atoms with Crippen LogP contribution >= 0.6 is 0 Å². The van der Waals surface area contributed by atoms with Crippen molar-refractivity contribution in [2.75, 3.05) is 18.1 Å². The molecule has 7 nitrogen and oxygen atoms in total. The summed E-state index contributed by atoms with van der Waals surface area (Å²) < 4.78 is 0. The summed E-state index contributed by atoms with van der Waals surface area (Å²) in [6, 6.07) is 4.86. The molecule has 1 saturated heterocycles. The van der Waals surface area contributed by atoms with E-state index in [1.54, 1.807) is 18.2 Å². The minimum absolute atomic E-state index is 0.158. The fraction of sp³-hybridized carbons (Fsp3) is 0.286. The van der Waals surface area contributed by atoms with Crippen LogP contribution in [0.5, 0.6) is 0 Å². The number of hydrogen-bond donors (Lipinski definition) is 2. The van der Waals surface area contributed by atoms with Crippen molar-refractivity contribution in [1.82, 2.24) is 14.9 Å². The van der Waals surface area contributed by atoms with Crippen LogP contribution in [0.15, 0.2) is 24.5 Å². The van der Waals surface area contributed by atoms with E-state index in [9.17, 15) is 9.59 Å². The summed E-state index contributed by atoms with van der Waals surface area (Å²) in [6.07, 6.45) is 2.23. The van der Waals surface area contributed by atoms with Gasteiger partial charge < -0.3 is 11.1 Å². The molecule has 1 aliphatic rings. The van der Waals surface area contributed by atoms with Gasteiger partial charge in [0, 0.05) is 24.5 Å². The van der Waals surface area contributed by atoms with Gasteiger partial charge in [-0.05, 0) is 24.6 Å². The van der Waals surface area contributed by atoms with Crippen LogP contribution in [0.25, 0.3) is 10.9 Å². The summed E-state index contributed by atoms with van der Waals surface area (Å²) in [5.41, 5.74) is 7.13. The van der Waals surface area contributed by atoms with E-state index in [4.69, 9.17) is 5.73 Å². The molecule has 21 heavy (non-hydrogen) atoms. The van der Waals surface area contributed by atoms with Crippen molar-refractivity contribution in [3.8, 4) is 0 Å². The summed E-state index contributed by atoms with van der Waals surface area (Å²) in [5.74, 6) is 0.144. The average molecular weight is 285 g/mol. The van der Waals surface area contributed by atoms with E-state index in [-0.39, 0.29) is 11.8 Å². The van der Waals surface area contributed by atoms with Crippen molar-refractivity contribution in [1.29, 1.82) is 0 Å². The zero-order valence-electron chi connectivity index (χ0n) is 11.5. The molecule has 2 heterocycles. The Labute approximate surface area is 121 Å². The highest BCUT2D eigenvalue weighted by molar-refractivity contribution is 6.02. The van der Waals surface area contributed by atoms with Crippen molar-refractivity contribution < 1.29 is 9.59 Å². The van der Waals surface area contributed by atoms with E-state index in [1.165, 1.54) is 13.4 Å². The SMILES string of the molecule is CN1C(=O)CCC(Nc2ncnc3ccc(N)cc23)C1=O. The number of likely N-dealkylation sites (N-methyl/N-ethyl adjacent to an activating group) is 1. The lowest BCUT2D eigenvalue weighted by Gasteiger charge is -2.28. The number of piperidine rings is 1. The molecule has 1 aromatic heterocycles. The van der Waals surface area contributed by atoms with Gasteiger partial charge in [-0.25, -0.2) is 9.97 Å². The zero-order valence-corrected chi connectivity index (χ0v) is 11.5. The molecular weight excluding hydrogens is 270 g/mol. The topological polar surface area (TPSA) is 101 Å². The average Bonchev–Trinajstić information content (AvgIpc) is 2.48. The Morgan fingerprint density at radius 1 is 1.33 bits per heavy atom. The van der Waals surface area contributed by atoms with Crippen LogP contribution in [-0.4, -0.2) is 39.8 Å². The van der Waals surface area contributed by atoms with Crippen LogP contribution in [-0.2, 0) is 9.59 Å². The number of carbonyl (C=O) groups is 2. The number of amides is 2. The fourth-order valence-corrected chi connectivity index (χ4v) is 2.40. The molecule has 2 aromatic rings. The summed E-state index contributed by atoms with van der Waals surface area (Å²) in [7, 11) is 1.49. The third-order valence-corrected chi connectivity index (χ3v) is 3.62. The highest BCUT2D eigenvalue weighted by Gasteiger charge is 2.32. The molecule has 0 aliphatic carbocycles. The first kappa shape index (κ1) is 13.3. The molecule has 0 radical (unpaired) electrons. The number of rotatable bonds is 2. The second-order valence-electron chi connectivity index (χ2n) is 5.03. The van der Waals surface area contributed by atoms with E-state index in [2.05, 4.69) is 15.3 Å². The number of aromatic nitrogens is 2. The molecule has 3 rings (SSSR count). The predicted octanol–water partition coefficient (Wildman–Crippen LogP) is 0.771. The Bertz CT molecular complexity index is 730. The number of anilines is 2. The van der Waals surface area contributed by atoms with Crippen molar-refractivity contribution in [3.63, 3.8) is 0 Å². The summed E-state index contributed by atoms with van der Waals surface area (Å²) in [4.78, 5) is 33.1. The normalized spacial score (nSPS) is 19.1. The molecule has 2 amide bonds. The molecule has 1 atom stereocenters. The minimum atomic E-state index is -0.466. The first-order valence-corrected chi connectivity index (χ1v) is 6.63. The number of imide groups is 1. The maximum absolute atomic E-state index is 12.1. The van der Waals surface area contributed by atoms with Crippen LogP contribution in [0.2, 0.25) is 0 Å². The standard InChI is InChI=1S/C14H15N5O2/c1-19-12(20)5-4-11(14(19)21)18-13-9-6-8(15)2-3-10(9)16-7-17-13/h2-3,6-7,11H,4-5,15H2,1H3,(H,16,17,18). The summed E-state index contributed by atoms with van der Waals surface area (Å²) in [6.45, 7) is 0. The van der Waals surface area contributed by atoms with Crippen molar-refractivity contribution in [2.45, 2.75) is 18.9 Å². The molecule has 1 aromatic carbocycles. The van der Waals surface area contributed by atoms with E-state index >= 15 is 0 Å². The van der Waals surface area contributed by atoms with Crippen LogP contribution in [0.3, 0.4) is 0 Å². The maximum atomic E-state index is 12.1. The van der Waals surface area contributed by atoms with Gasteiger partial charge in [0.2, 0.25) is 5.91 Å². The minimum Gasteiger partial charge on any atom is -0.399 e. The van der Waals surface area contributed by atoms with Crippen LogP contribution in [0, 0.1) is 0 Å². The van der Waals surface area contributed by atoms with E-state index < -0.39 is 6.04 Å². The van der Waals surface area contributed by atoms with Gasteiger partial charge in [-0.2, -0.15) is 0 Å². The van der Waals surface area contributed by atoms with Gasteiger partial charge in [-0.3, -0.25) is 14.5 Å². The molecule has 7 heteroatoms. The lowest BCUT2D eigenvalue weighted by Crippen LogP contribution is -2.48. The number of benzene rings is 1. The molecular formula is C14H15N5O2. The molecule has 0 bridgehead atoms. The number of likely N-dealkylation sites (tertiary alicyclic amines) is 1. The summed E-state index contributed by atoms with van der Waals surface area (Å²) in [5, 5.41) is 3.86. The first-order chi connectivity index (χ1) is 10.1. The number of nitrogens with one attached hydrogen (secondary N) is 1. The number of fused-ring (bicyclic) bond motifs is 1.